The molecule has 2 heterocycles. The van der Waals surface area contributed by atoms with E-state index in [1.807, 2.05) is 13.8 Å². The Hall–Kier alpha value is -3.55. The zero-order chi connectivity index (χ0) is 24.1. The topological polar surface area (TPSA) is 86.2 Å². The molecule has 172 valence electrons. The van der Waals surface area contributed by atoms with Crippen molar-refractivity contribution in [2.75, 3.05) is 19.5 Å². The van der Waals surface area contributed by atoms with Gasteiger partial charge in [0.25, 0.3) is 5.91 Å². The first kappa shape index (κ1) is 26.5. The van der Waals surface area contributed by atoms with Crippen molar-refractivity contribution in [2.45, 2.75) is 41.0 Å². The number of hydrogen-bond acceptors (Lipinski definition) is 6. The molecule has 1 amide bonds. The summed E-state index contributed by atoms with van der Waals surface area (Å²) in [5, 5.41) is 2.53. The maximum Gasteiger partial charge on any atom is 0.260 e. The molecular formula is C24H31FN4O3. The molecule has 1 N–H and O–H groups in total. The molecule has 2 aromatic heterocycles. The summed E-state index contributed by atoms with van der Waals surface area (Å²) in [6, 6.07) is 5.31. The monoisotopic (exact) mass is 442 g/mol. The molecule has 0 bridgehead atoms. The lowest BCUT2D eigenvalue weighted by atomic mass is 10.1. The number of hydrogen-bond donors (Lipinski definition) is 1. The highest BCUT2D eigenvalue weighted by molar-refractivity contribution is 6.04. The summed E-state index contributed by atoms with van der Waals surface area (Å²) in [7, 11) is 3.12. The molecule has 0 atom stereocenters. The molecular weight excluding hydrogens is 411 g/mol. The van der Waals surface area contributed by atoms with E-state index >= 15 is 0 Å². The highest BCUT2D eigenvalue weighted by atomic mass is 19.1. The van der Waals surface area contributed by atoms with Crippen molar-refractivity contribution in [3.05, 3.63) is 59.9 Å². The van der Waals surface area contributed by atoms with Crippen molar-refractivity contribution < 1.29 is 18.7 Å². The highest BCUT2D eigenvalue weighted by Crippen LogP contribution is 2.32. The lowest BCUT2D eigenvalue weighted by Crippen LogP contribution is -2.16. The number of ether oxygens (including phenoxy) is 2. The molecule has 3 aromatic rings. The molecule has 8 heteroatoms. The number of carbonyl (C=O) groups excluding carboxylic acids is 1. The number of aromatic nitrogens is 3. The number of nitrogens with one attached hydrogen (secondary N) is 1. The van der Waals surface area contributed by atoms with E-state index in [1.165, 1.54) is 25.0 Å². The second-order valence-electron chi connectivity index (χ2n) is 6.33. The molecule has 32 heavy (non-hydrogen) atoms. The smallest absolute Gasteiger partial charge is 0.260 e. The third kappa shape index (κ3) is 7.01. The molecule has 0 aliphatic rings. The summed E-state index contributed by atoms with van der Waals surface area (Å²) in [6.45, 7) is 9.86. The van der Waals surface area contributed by atoms with Crippen LogP contribution in [0.5, 0.6) is 11.5 Å². The van der Waals surface area contributed by atoms with Crippen LogP contribution in [-0.4, -0.2) is 35.1 Å². The lowest BCUT2D eigenvalue weighted by Gasteiger charge is -2.11. The quantitative estimate of drug-likeness (QED) is 0.546. The third-order valence-corrected chi connectivity index (χ3v) is 3.89. The maximum absolute atomic E-state index is 13.9. The first-order chi connectivity index (χ1) is 15.4. The first-order valence-corrected chi connectivity index (χ1v) is 10.4. The van der Waals surface area contributed by atoms with E-state index in [0.29, 0.717) is 28.3 Å². The number of benzene rings is 1. The SMILES string of the molecule is CC.CCC.COc1ccc(OC)c(-c2cnc(NC(=O)c3c(C)cncc3F)cn2)c1. The minimum atomic E-state index is -0.696. The molecule has 0 spiro atoms. The number of halogens is 1. The molecule has 1 aromatic carbocycles. The second-order valence-corrected chi connectivity index (χ2v) is 6.33. The van der Waals surface area contributed by atoms with Gasteiger partial charge in [0.1, 0.15) is 11.5 Å². The Morgan fingerprint density at radius 2 is 1.72 bits per heavy atom. The normalized spacial score (nSPS) is 9.50. The molecule has 0 aliphatic carbocycles. The van der Waals surface area contributed by atoms with E-state index in [2.05, 4.69) is 34.1 Å². The number of pyridine rings is 1. The standard InChI is InChI=1S/C19H17FN4O3.C3H8.C2H6/c1-11-7-21-8-14(20)18(11)19(25)24-17-10-22-15(9-23-17)13-6-12(26-2)4-5-16(13)27-3;1-3-2;1-2/h4-10H,1-3H3,(H,23,24,25);3H2,1-2H3;1-2H3. The largest absolute Gasteiger partial charge is 0.497 e. The summed E-state index contributed by atoms with van der Waals surface area (Å²) < 4.78 is 24.4. The maximum atomic E-state index is 13.9. The van der Waals surface area contributed by atoms with Gasteiger partial charge in [-0.3, -0.25) is 14.8 Å². The summed E-state index contributed by atoms with van der Waals surface area (Å²) in [5.74, 6) is 0.137. The van der Waals surface area contributed by atoms with E-state index in [-0.39, 0.29) is 11.4 Å². The minimum Gasteiger partial charge on any atom is -0.497 e. The molecule has 0 fully saturated rings. The predicted molar refractivity (Wildman–Crippen MR) is 125 cm³/mol. The van der Waals surface area contributed by atoms with Crippen LogP contribution in [0.25, 0.3) is 11.3 Å². The Bertz CT molecular complexity index is 975. The average Bonchev–Trinajstić information content (AvgIpc) is 2.81. The Morgan fingerprint density at radius 1 is 1.03 bits per heavy atom. The fraction of sp³-hybridized carbons (Fsp3) is 0.333. The van der Waals surface area contributed by atoms with Gasteiger partial charge in [-0.05, 0) is 30.7 Å². The Kier molecular flexibility index (Phi) is 11.3. The van der Waals surface area contributed by atoms with Gasteiger partial charge in [0, 0.05) is 11.8 Å². The van der Waals surface area contributed by atoms with Gasteiger partial charge in [-0.1, -0.05) is 34.1 Å². The lowest BCUT2D eigenvalue weighted by molar-refractivity contribution is 0.102. The molecule has 0 unspecified atom stereocenters. The summed E-state index contributed by atoms with van der Waals surface area (Å²) in [6.07, 6.45) is 6.54. The second kappa shape index (κ2) is 13.7. The number of aryl methyl sites for hydroxylation is 1. The number of rotatable bonds is 5. The van der Waals surface area contributed by atoms with Crippen LogP contribution in [0.4, 0.5) is 10.2 Å². The van der Waals surface area contributed by atoms with Gasteiger partial charge >= 0.3 is 0 Å². The highest BCUT2D eigenvalue weighted by Gasteiger charge is 2.16. The van der Waals surface area contributed by atoms with E-state index in [4.69, 9.17) is 9.47 Å². The van der Waals surface area contributed by atoms with Gasteiger partial charge in [-0.25, -0.2) is 9.37 Å². The number of nitrogens with zero attached hydrogens (tertiary/aromatic N) is 3. The van der Waals surface area contributed by atoms with E-state index in [0.717, 1.165) is 6.20 Å². The van der Waals surface area contributed by atoms with Crippen LogP contribution in [0.3, 0.4) is 0 Å². The van der Waals surface area contributed by atoms with Gasteiger partial charge in [0.15, 0.2) is 11.6 Å². The van der Waals surface area contributed by atoms with Crippen LogP contribution in [0.15, 0.2) is 43.0 Å². The van der Waals surface area contributed by atoms with Gasteiger partial charge < -0.3 is 14.8 Å². The van der Waals surface area contributed by atoms with E-state index in [1.54, 1.807) is 39.3 Å². The Morgan fingerprint density at radius 3 is 2.25 bits per heavy atom. The molecule has 0 aliphatic heterocycles. The van der Waals surface area contributed by atoms with Crippen molar-refractivity contribution >= 4 is 11.7 Å². The molecule has 3 rings (SSSR count). The Labute approximate surface area is 189 Å². The number of methoxy groups -OCH3 is 2. The van der Waals surface area contributed by atoms with Gasteiger partial charge in [0.05, 0.1) is 44.1 Å². The van der Waals surface area contributed by atoms with Gasteiger partial charge in [-0.15, -0.1) is 0 Å². The average molecular weight is 443 g/mol. The zero-order valence-corrected chi connectivity index (χ0v) is 19.7. The molecule has 0 saturated carbocycles. The number of amides is 1. The van der Waals surface area contributed by atoms with Crippen molar-refractivity contribution in [3.8, 4) is 22.8 Å². The van der Waals surface area contributed by atoms with Crippen LogP contribution in [0, 0.1) is 12.7 Å². The summed E-state index contributed by atoms with van der Waals surface area (Å²) >= 11 is 0. The first-order valence-electron chi connectivity index (χ1n) is 10.4. The van der Waals surface area contributed by atoms with Crippen LogP contribution in [0.1, 0.15) is 50.0 Å². The third-order valence-electron chi connectivity index (χ3n) is 3.89. The van der Waals surface area contributed by atoms with Gasteiger partial charge in [-0.2, -0.15) is 0 Å². The van der Waals surface area contributed by atoms with Crippen molar-refractivity contribution in [1.82, 2.24) is 15.0 Å². The zero-order valence-electron chi connectivity index (χ0n) is 19.7. The number of carbonyl (C=O) groups is 1. The Balaban J connectivity index is 0.000000944. The molecule has 0 saturated heterocycles. The van der Waals surface area contributed by atoms with E-state index in [9.17, 15) is 9.18 Å². The molecule has 7 nitrogen and oxygen atoms in total. The fourth-order valence-electron chi connectivity index (χ4n) is 2.54. The van der Waals surface area contributed by atoms with Crippen molar-refractivity contribution in [2.24, 2.45) is 0 Å². The van der Waals surface area contributed by atoms with Crippen LogP contribution in [-0.2, 0) is 0 Å². The van der Waals surface area contributed by atoms with Crippen molar-refractivity contribution in [3.63, 3.8) is 0 Å². The van der Waals surface area contributed by atoms with E-state index < -0.39 is 11.7 Å². The van der Waals surface area contributed by atoms with Gasteiger partial charge in [0.2, 0.25) is 0 Å². The van der Waals surface area contributed by atoms with Crippen LogP contribution < -0.4 is 14.8 Å². The summed E-state index contributed by atoms with van der Waals surface area (Å²) in [5.41, 5.74) is 1.58. The summed E-state index contributed by atoms with van der Waals surface area (Å²) in [4.78, 5) is 24.5. The van der Waals surface area contributed by atoms with Crippen LogP contribution in [0.2, 0.25) is 0 Å². The fourth-order valence-corrected chi connectivity index (χ4v) is 2.54. The minimum absolute atomic E-state index is 0.0784. The predicted octanol–water partition coefficient (Wildman–Crippen LogP) is 5.70. The van der Waals surface area contributed by atoms with Crippen LogP contribution >= 0.6 is 0 Å². The van der Waals surface area contributed by atoms with Crippen molar-refractivity contribution in [1.29, 1.82) is 0 Å². The number of anilines is 1. The molecule has 0 radical (unpaired) electrons.